The van der Waals surface area contributed by atoms with Gasteiger partial charge in [-0.2, -0.15) is 0 Å². The fourth-order valence-corrected chi connectivity index (χ4v) is 9.47. The van der Waals surface area contributed by atoms with Crippen molar-refractivity contribution < 1.29 is 37.3 Å². The Kier molecular flexibility index (Phi) is 55.4. The van der Waals surface area contributed by atoms with E-state index in [0.717, 1.165) is 135 Å². The average Bonchev–Trinajstić information content (AvgIpc) is 3.41. The number of carbonyl (C=O) groups excluding carboxylic acids is 2. The highest BCUT2D eigenvalue weighted by Gasteiger charge is 2.27. The van der Waals surface area contributed by atoms with Crippen molar-refractivity contribution in [1.29, 1.82) is 0 Å². The molecule has 0 aliphatic carbocycles. The van der Waals surface area contributed by atoms with Crippen LogP contribution in [-0.2, 0) is 27.9 Å². The summed E-state index contributed by atoms with van der Waals surface area (Å²) in [6.07, 6.45) is 79.1. The Labute approximate surface area is 487 Å². The monoisotopic (exact) mass is 1120 g/mol. The quantitative estimate of drug-likeness (QED) is 0.0161. The van der Waals surface area contributed by atoms with E-state index < -0.39 is 26.6 Å². The Morgan fingerprint density at radius 1 is 0.468 bits per heavy atom. The molecule has 0 heterocycles. The van der Waals surface area contributed by atoms with Crippen molar-refractivity contribution in [2.75, 3.05) is 40.9 Å². The summed E-state index contributed by atoms with van der Waals surface area (Å²) in [6, 6.07) is -0.904. The molecule has 3 atom stereocenters. The fraction of sp³-hybridized carbons (Fsp3) is 0.710. The van der Waals surface area contributed by atoms with E-state index in [1.165, 1.54) is 89.9 Å². The summed E-state index contributed by atoms with van der Waals surface area (Å²) < 4.78 is 30.3. The van der Waals surface area contributed by atoms with Gasteiger partial charge in [-0.05, 0) is 109 Å². The van der Waals surface area contributed by atoms with Gasteiger partial charge in [-0.25, -0.2) is 0 Å². The van der Waals surface area contributed by atoms with E-state index in [2.05, 4.69) is 123 Å². The van der Waals surface area contributed by atoms with Gasteiger partial charge >= 0.3 is 5.97 Å². The number of quaternary nitrogens is 1. The van der Waals surface area contributed by atoms with Gasteiger partial charge in [0.25, 0.3) is 7.82 Å². The number of nitrogens with one attached hydrogen (secondary N) is 1. The van der Waals surface area contributed by atoms with Gasteiger partial charge in [0.05, 0.1) is 33.8 Å². The van der Waals surface area contributed by atoms with Gasteiger partial charge in [0, 0.05) is 12.8 Å². The first-order chi connectivity index (χ1) is 38.4. The molecule has 1 N–H and O–H groups in total. The zero-order valence-corrected chi connectivity index (χ0v) is 52.7. The molecule has 0 aliphatic heterocycles. The SMILES string of the molecule is CC/C=C\C/C=C\C/C=C\C/C=C\C/C=C\C/C=C\CCCCCCCCCCC(=O)NC(COP(=O)([O-])OCC[N+](C)(C)C)C(/C=C\CCCCCCCCCCC)OC(=O)CCCCCCCC/C=C/C=C/CCCCC. The molecule has 454 valence electrons. The van der Waals surface area contributed by atoms with Gasteiger partial charge in [-0.1, -0.05) is 252 Å². The molecule has 0 aromatic rings. The summed E-state index contributed by atoms with van der Waals surface area (Å²) in [5, 5.41) is 3.02. The second-order valence-electron chi connectivity index (χ2n) is 22.6. The van der Waals surface area contributed by atoms with Crippen molar-refractivity contribution in [2.24, 2.45) is 0 Å². The van der Waals surface area contributed by atoms with Crippen LogP contribution in [0.2, 0.25) is 0 Å². The number of allylic oxidation sites excluding steroid dienone is 17. The van der Waals surface area contributed by atoms with Gasteiger partial charge in [0.2, 0.25) is 5.91 Å². The van der Waals surface area contributed by atoms with Gasteiger partial charge in [0.1, 0.15) is 19.3 Å². The summed E-state index contributed by atoms with van der Waals surface area (Å²) in [4.78, 5) is 40.0. The number of unbranched alkanes of at least 4 members (excludes halogenated alkanes) is 26. The number of nitrogens with zero attached hydrogens (tertiary/aromatic N) is 1. The van der Waals surface area contributed by atoms with E-state index >= 15 is 0 Å². The second-order valence-corrected chi connectivity index (χ2v) is 24.0. The second kappa shape index (κ2) is 57.9. The highest BCUT2D eigenvalue weighted by molar-refractivity contribution is 7.45. The summed E-state index contributed by atoms with van der Waals surface area (Å²) in [5.74, 6) is -0.569. The van der Waals surface area contributed by atoms with Crippen LogP contribution in [0, 0.1) is 0 Å². The van der Waals surface area contributed by atoms with Crippen LogP contribution in [0.3, 0.4) is 0 Å². The lowest BCUT2D eigenvalue weighted by Gasteiger charge is -2.30. The number of ether oxygens (including phenoxy) is 1. The summed E-state index contributed by atoms with van der Waals surface area (Å²) in [7, 11) is 1.16. The smallest absolute Gasteiger partial charge is 0.306 e. The molecule has 10 heteroatoms. The molecule has 79 heavy (non-hydrogen) atoms. The maximum atomic E-state index is 13.5. The Morgan fingerprint density at radius 2 is 0.848 bits per heavy atom. The van der Waals surface area contributed by atoms with Crippen molar-refractivity contribution in [3.63, 3.8) is 0 Å². The molecule has 0 aromatic heterocycles. The van der Waals surface area contributed by atoms with Crippen LogP contribution >= 0.6 is 7.82 Å². The first-order valence-electron chi connectivity index (χ1n) is 32.2. The van der Waals surface area contributed by atoms with E-state index in [4.69, 9.17) is 13.8 Å². The molecule has 0 saturated heterocycles. The first-order valence-corrected chi connectivity index (χ1v) is 33.7. The maximum Gasteiger partial charge on any atom is 0.306 e. The lowest BCUT2D eigenvalue weighted by molar-refractivity contribution is -0.870. The summed E-state index contributed by atoms with van der Waals surface area (Å²) >= 11 is 0. The van der Waals surface area contributed by atoms with Crippen LogP contribution in [0.15, 0.2) is 109 Å². The van der Waals surface area contributed by atoms with Crippen LogP contribution in [0.5, 0.6) is 0 Å². The van der Waals surface area contributed by atoms with Gasteiger partial charge < -0.3 is 28.5 Å². The van der Waals surface area contributed by atoms with Crippen molar-refractivity contribution in [2.45, 2.75) is 277 Å². The van der Waals surface area contributed by atoms with Crippen LogP contribution in [0.4, 0.5) is 0 Å². The zero-order chi connectivity index (χ0) is 57.9. The van der Waals surface area contributed by atoms with Crippen LogP contribution in [0.1, 0.15) is 265 Å². The van der Waals surface area contributed by atoms with Gasteiger partial charge in [-0.15, -0.1) is 0 Å². The van der Waals surface area contributed by atoms with Crippen LogP contribution < -0.4 is 10.2 Å². The standard InChI is InChI=1S/C69H121N2O7P/c1-7-10-13-16-19-22-25-27-29-30-31-32-33-34-35-36-37-38-39-40-42-43-46-49-52-55-58-61-68(72)70-66(65-77-79(74,75)76-64-63-71(4,5)6)67(60-57-54-51-48-45-24-21-18-15-12-9-3)78-69(73)62-59-56-53-50-47-44-41-28-26-23-20-17-14-11-8-2/h10,13,19-20,22-23,26-29,31-32,34-35,37-38,57,60,66-67H,7-9,11-12,14-18,21,24-25,30,33,36,39-56,58-59,61-65H2,1-6H3,(H-,70,72,74,75)/b13-10-,22-19-,23-20+,28-26+,29-27-,32-31-,35-34-,38-37-,60-57-. The molecular weight excluding hydrogens is 1000 g/mol. The molecule has 0 saturated carbocycles. The minimum Gasteiger partial charge on any atom is -0.756 e. The molecule has 0 rings (SSSR count). The highest BCUT2D eigenvalue weighted by atomic mass is 31.2. The Balaban J connectivity index is 5.12. The molecule has 0 spiro atoms. The molecule has 0 aliphatic rings. The van der Waals surface area contributed by atoms with E-state index in [0.29, 0.717) is 23.9 Å². The number of esters is 1. The fourth-order valence-electron chi connectivity index (χ4n) is 8.75. The molecule has 0 bridgehead atoms. The molecule has 0 fully saturated rings. The maximum absolute atomic E-state index is 13.5. The van der Waals surface area contributed by atoms with Crippen molar-refractivity contribution in [1.82, 2.24) is 5.32 Å². The molecule has 9 nitrogen and oxygen atoms in total. The van der Waals surface area contributed by atoms with Crippen molar-refractivity contribution >= 4 is 19.7 Å². The van der Waals surface area contributed by atoms with Crippen molar-refractivity contribution in [3.8, 4) is 0 Å². The third kappa shape index (κ3) is 59.1. The number of likely N-dealkylation sites (N-methyl/N-ethyl adjacent to an activating group) is 1. The van der Waals surface area contributed by atoms with Crippen LogP contribution in [-0.4, -0.2) is 69.4 Å². The topological polar surface area (TPSA) is 114 Å². The predicted octanol–water partition coefficient (Wildman–Crippen LogP) is 19.5. The number of hydrogen-bond donors (Lipinski definition) is 1. The number of amides is 1. The van der Waals surface area contributed by atoms with Gasteiger partial charge in [0.15, 0.2) is 0 Å². The number of phosphoric ester groups is 1. The van der Waals surface area contributed by atoms with Crippen LogP contribution in [0.25, 0.3) is 0 Å². The number of rotatable bonds is 57. The number of phosphoric acid groups is 1. The Morgan fingerprint density at radius 3 is 1.32 bits per heavy atom. The van der Waals surface area contributed by atoms with Crippen molar-refractivity contribution in [3.05, 3.63) is 109 Å². The van der Waals surface area contributed by atoms with E-state index in [1.807, 2.05) is 33.3 Å². The largest absolute Gasteiger partial charge is 0.756 e. The third-order valence-electron chi connectivity index (χ3n) is 13.7. The Bertz CT molecular complexity index is 1720. The lowest BCUT2D eigenvalue weighted by atomic mass is 10.0. The van der Waals surface area contributed by atoms with E-state index in [9.17, 15) is 19.0 Å². The first kappa shape index (κ1) is 75.7. The van der Waals surface area contributed by atoms with E-state index in [1.54, 1.807) is 0 Å². The minimum atomic E-state index is -4.71. The average molecular weight is 1120 g/mol. The molecule has 0 aromatic carbocycles. The van der Waals surface area contributed by atoms with Gasteiger partial charge in [-0.3, -0.25) is 14.2 Å². The minimum absolute atomic E-state index is 0.0312. The van der Waals surface area contributed by atoms with E-state index in [-0.39, 0.29) is 24.9 Å². The lowest BCUT2D eigenvalue weighted by Crippen LogP contribution is -2.47. The number of hydrogen-bond acceptors (Lipinski definition) is 7. The predicted molar refractivity (Wildman–Crippen MR) is 339 cm³/mol. The zero-order valence-electron chi connectivity index (χ0n) is 51.8. The molecule has 1 amide bonds. The highest BCUT2D eigenvalue weighted by Crippen LogP contribution is 2.38. The normalized spacial score (nSPS) is 14.4. The molecular formula is C69H121N2O7P. The Hall–Kier alpha value is -3.33. The molecule has 0 radical (unpaired) electrons. The summed E-state index contributed by atoms with van der Waals surface area (Å²) in [6.45, 7) is 6.67. The summed E-state index contributed by atoms with van der Waals surface area (Å²) in [5.41, 5.74) is 0. The molecule has 3 unspecified atom stereocenters. The number of carbonyl (C=O) groups is 2. The third-order valence-corrected chi connectivity index (χ3v) is 14.7.